The van der Waals surface area contributed by atoms with Gasteiger partial charge in [0.05, 0.1) is 18.2 Å². The van der Waals surface area contributed by atoms with Crippen LogP contribution >= 0.6 is 0 Å². The molecular formula is C10H15N3O2. The van der Waals surface area contributed by atoms with E-state index in [0.717, 1.165) is 12.8 Å². The molecule has 1 saturated heterocycles. The maximum atomic E-state index is 11.8. The molecule has 0 bridgehead atoms. The van der Waals surface area contributed by atoms with Crippen molar-refractivity contribution >= 4 is 11.7 Å². The van der Waals surface area contributed by atoms with Crippen LogP contribution in [0.5, 0.6) is 0 Å². The monoisotopic (exact) mass is 209 g/mol. The largest absolute Gasteiger partial charge is 0.377 e. The van der Waals surface area contributed by atoms with Gasteiger partial charge in [0.25, 0.3) is 0 Å². The molecule has 15 heavy (non-hydrogen) atoms. The summed E-state index contributed by atoms with van der Waals surface area (Å²) in [4.78, 5) is 11.8. The maximum absolute atomic E-state index is 11.8. The van der Waals surface area contributed by atoms with Gasteiger partial charge < -0.3 is 10.1 Å². The second kappa shape index (κ2) is 4.44. The lowest BCUT2D eigenvalue weighted by Gasteiger charge is -2.15. The first kappa shape index (κ1) is 10.2. The summed E-state index contributed by atoms with van der Waals surface area (Å²) in [6.45, 7) is 2.71. The highest BCUT2D eigenvalue weighted by Gasteiger charge is 2.32. The number of carbonyl (C=O) groups excluding carboxylic acids is 1. The number of amides is 1. The minimum atomic E-state index is -0.0294. The minimum absolute atomic E-state index is 0.0172. The Balaban J connectivity index is 1.96. The number of hydrogen-bond acceptors (Lipinski definition) is 3. The van der Waals surface area contributed by atoms with Gasteiger partial charge in [0.15, 0.2) is 0 Å². The van der Waals surface area contributed by atoms with E-state index in [1.807, 2.05) is 6.92 Å². The van der Waals surface area contributed by atoms with Crippen LogP contribution in [0.2, 0.25) is 0 Å². The van der Waals surface area contributed by atoms with E-state index in [-0.39, 0.29) is 17.9 Å². The lowest BCUT2D eigenvalue weighted by molar-refractivity contribution is -0.121. The normalized spacial score (nSPS) is 25.4. The van der Waals surface area contributed by atoms with Crippen molar-refractivity contribution in [3.63, 3.8) is 0 Å². The molecule has 1 amide bonds. The average Bonchev–Trinajstić information content (AvgIpc) is 2.86. The molecule has 0 aliphatic carbocycles. The molecule has 2 atom stereocenters. The molecular weight excluding hydrogens is 194 g/mol. The van der Waals surface area contributed by atoms with Crippen LogP contribution in [0.1, 0.15) is 19.8 Å². The molecule has 2 rings (SSSR count). The van der Waals surface area contributed by atoms with Crippen LogP contribution in [0.3, 0.4) is 0 Å². The molecule has 0 saturated carbocycles. The van der Waals surface area contributed by atoms with Gasteiger partial charge in [0.2, 0.25) is 5.91 Å². The van der Waals surface area contributed by atoms with Crippen LogP contribution < -0.4 is 5.32 Å². The van der Waals surface area contributed by atoms with Crippen molar-refractivity contribution in [1.82, 2.24) is 10.2 Å². The third-order valence-electron chi connectivity index (χ3n) is 2.71. The third-order valence-corrected chi connectivity index (χ3v) is 2.71. The first-order chi connectivity index (χ1) is 7.31. The minimum Gasteiger partial charge on any atom is -0.377 e. The number of carbonyl (C=O) groups is 1. The highest BCUT2D eigenvalue weighted by atomic mass is 16.5. The molecule has 1 aromatic rings. The number of aromatic nitrogens is 2. The molecule has 0 radical (unpaired) electrons. The van der Waals surface area contributed by atoms with Crippen molar-refractivity contribution in [1.29, 1.82) is 0 Å². The predicted molar refractivity (Wildman–Crippen MR) is 55.4 cm³/mol. The van der Waals surface area contributed by atoms with Crippen LogP contribution in [-0.2, 0) is 9.53 Å². The molecule has 2 unspecified atom stereocenters. The molecule has 2 heterocycles. The zero-order chi connectivity index (χ0) is 10.7. The zero-order valence-electron chi connectivity index (χ0n) is 8.69. The second-order valence-electron chi connectivity index (χ2n) is 3.67. The van der Waals surface area contributed by atoms with Crippen LogP contribution in [0.4, 0.5) is 5.82 Å². The Morgan fingerprint density at radius 3 is 3.33 bits per heavy atom. The Morgan fingerprint density at radius 2 is 2.67 bits per heavy atom. The lowest BCUT2D eigenvalue weighted by atomic mass is 9.99. The van der Waals surface area contributed by atoms with Gasteiger partial charge >= 0.3 is 0 Å². The summed E-state index contributed by atoms with van der Waals surface area (Å²) in [7, 11) is 0. The summed E-state index contributed by atoms with van der Waals surface area (Å²) in [5.74, 6) is 0.628. The fraction of sp³-hybridized carbons (Fsp3) is 0.600. The smallest absolute Gasteiger partial charge is 0.231 e. The van der Waals surface area contributed by atoms with E-state index >= 15 is 0 Å². The summed E-state index contributed by atoms with van der Waals surface area (Å²) in [6, 6.07) is 1.73. The Hall–Kier alpha value is -1.36. The first-order valence-corrected chi connectivity index (χ1v) is 5.23. The highest BCUT2D eigenvalue weighted by molar-refractivity contribution is 5.92. The Morgan fingerprint density at radius 1 is 1.80 bits per heavy atom. The number of hydrogen-bond donors (Lipinski definition) is 2. The van der Waals surface area contributed by atoms with E-state index in [2.05, 4.69) is 15.5 Å². The van der Waals surface area contributed by atoms with E-state index in [4.69, 9.17) is 4.74 Å². The molecule has 0 aromatic carbocycles. The van der Waals surface area contributed by atoms with E-state index in [9.17, 15) is 4.79 Å². The summed E-state index contributed by atoms with van der Waals surface area (Å²) in [5.41, 5.74) is 0. The Labute approximate surface area is 88.2 Å². The number of nitrogens with zero attached hydrogens (tertiary/aromatic N) is 1. The average molecular weight is 209 g/mol. The van der Waals surface area contributed by atoms with Crippen LogP contribution in [0, 0.1) is 5.92 Å². The molecule has 0 spiro atoms. The van der Waals surface area contributed by atoms with Gasteiger partial charge in [-0.3, -0.25) is 9.89 Å². The van der Waals surface area contributed by atoms with Crippen molar-refractivity contribution in [2.24, 2.45) is 5.92 Å². The van der Waals surface area contributed by atoms with Crippen LogP contribution in [-0.4, -0.2) is 28.8 Å². The van der Waals surface area contributed by atoms with E-state index in [0.29, 0.717) is 12.4 Å². The Kier molecular flexibility index (Phi) is 3.01. The van der Waals surface area contributed by atoms with Gasteiger partial charge in [-0.05, 0) is 12.8 Å². The van der Waals surface area contributed by atoms with Gasteiger partial charge in [-0.2, -0.15) is 5.10 Å². The van der Waals surface area contributed by atoms with Gasteiger partial charge in [-0.1, -0.05) is 6.92 Å². The summed E-state index contributed by atoms with van der Waals surface area (Å²) in [6.07, 6.45) is 3.35. The number of nitrogens with one attached hydrogen (secondary N) is 2. The van der Waals surface area contributed by atoms with Gasteiger partial charge in [-0.15, -0.1) is 0 Å². The number of anilines is 1. The zero-order valence-corrected chi connectivity index (χ0v) is 8.69. The highest BCUT2D eigenvalue weighted by Crippen LogP contribution is 2.24. The second-order valence-corrected chi connectivity index (χ2v) is 3.67. The van der Waals surface area contributed by atoms with Gasteiger partial charge in [0, 0.05) is 12.7 Å². The first-order valence-electron chi connectivity index (χ1n) is 5.23. The van der Waals surface area contributed by atoms with Crippen molar-refractivity contribution < 1.29 is 9.53 Å². The molecule has 1 aliphatic heterocycles. The molecule has 1 aliphatic rings. The quantitative estimate of drug-likeness (QED) is 0.785. The maximum Gasteiger partial charge on any atom is 0.231 e. The Bertz CT molecular complexity index is 323. The summed E-state index contributed by atoms with van der Waals surface area (Å²) < 4.78 is 5.47. The van der Waals surface area contributed by atoms with Crippen molar-refractivity contribution in [2.75, 3.05) is 11.9 Å². The number of H-pyrrole nitrogens is 1. The lowest BCUT2D eigenvalue weighted by Crippen LogP contribution is -2.29. The third kappa shape index (κ3) is 2.18. The van der Waals surface area contributed by atoms with E-state index < -0.39 is 0 Å². The van der Waals surface area contributed by atoms with Crippen LogP contribution in [0.25, 0.3) is 0 Å². The fourth-order valence-electron chi connectivity index (χ4n) is 1.90. The molecule has 1 fully saturated rings. The summed E-state index contributed by atoms with van der Waals surface area (Å²) in [5, 5.41) is 9.26. The molecule has 1 aromatic heterocycles. The number of aromatic amines is 1. The van der Waals surface area contributed by atoms with E-state index in [1.54, 1.807) is 12.3 Å². The molecule has 2 N–H and O–H groups in total. The number of rotatable bonds is 3. The molecule has 5 heteroatoms. The fourth-order valence-corrected chi connectivity index (χ4v) is 1.90. The van der Waals surface area contributed by atoms with Crippen LogP contribution in [0.15, 0.2) is 12.3 Å². The molecule has 82 valence electrons. The van der Waals surface area contributed by atoms with Crippen molar-refractivity contribution in [3.8, 4) is 0 Å². The van der Waals surface area contributed by atoms with Gasteiger partial charge in [-0.25, -0.2) is 0 Å². The topological polar surface area (TPSA) is 67.0 Å². The SMILES string of the molecule is CCC1OCCC1C(=O)Nc1ccn[nH]1. The van der Waals surface area contributed by atoms with E-state index in [1.165, 1.54) is 0 Å². The van der Waals surface area contributed by atoms with Crippen molar-refractivity contribution in [2.45, 2.75) is 25.9 Å². The predicted octanol–water partition coefficient (Wildman–Crippen LogP) is 1.16. The molecule has 5 nitrogen and oxygen atoms in total. The van der Waals surface area contributed by atoms with Gasteiger partial charge in [0.1, 0.15) is 5.82 Å². The number of ether oxygens (including phenoxy) is 1. The van der Waals surface area contributed by atoms with Crippen molar-refractivity contribution in [3.05, 3.63) is 12.3 Å². The summed E-state index contributed by atoms with van der Waals surface area (Å²) >= 11 is 0. The standard InChI is InChI=1S/C10H15N3O2/c1-2-8-7(4-6-15-8)10(14)12-9-3-5-11-13-9/h3,5,7-8H,2,4,6H2,1H3,(H2,11,12,13,14).